The van der Waals surface area contributed by atoms with E-state index in [4.69, 9.17) is 4.74 Å². The molecule has 2 aromatic rings. The number of fused-ring (bicyclic) bond motifs is 5. The van der Waals surface area contributed by atoms with E-state index in [0.717, 1.165) is 41.5 Å². The van der Waals surface area contributed by atoms with Crippen LogP contribution in [0.3, 0.4) is 0 Å². The number of nitrogens with one attached hydrogen (secondary N) is 1. The molecule has 0 spiro atoms. The third-order valence-corrected chi connectivity index (χ3v) is 6.63. The molecule has 1 aliphatic carbocycles. The van der Waals surface area contributed by atoms with Gasteiger partial charge in [-0.05, 0) is 43.4 Å². The summed E-state index contributed by atoms with van der Waals surface area (Å²) in [5, 5.41) is 14.6. The molecule has 0 radical (unpaired) electrons. The molecule has 2 N–H and O–H groups in total. The van der Waals surface area contributed by atoms with Crippen molar-refractivity contribution >= 4 is 22.6 Å². The Balaban J connectivity index is 1.91. The van der Waals surface area contributed by atoms with Crippen LogP contribution in [0.15, 0.2) is 29.4 Å². The predicted molar refractivity (Wildman–Crippen MR) is 104 cm³/mol. The van der Waals surface area contributed by atoms with Crippen molar-refractivity contribution in [1.29, 1.82) is 0 Å². The third-order valence-electron chi connectivity index (χ3n) is 6.63. The quantitative estimate of drug-likeness (QED) is 0.485. The van der Waals surface area contributed by atoms with E-state index < -0.39 is 0 Å². The number of likely N-dealkylation sites (tertiary alicyclic amines) is 1. The minimum absolute atomic E-state index is 0.0726. The number of hydrogen-bond donors (Lipinski definition) is 2. The van der Waals surface area contributed by atoms with Gasteiger partial charge < -0.3 is 19.8 Å². The molecule has 6 heteroatoms. The first-order valence-corrected chi connectivity index (χ1v) is 9.67. The third kappa shape index (κ3) is 2.83. The average molecular weight is 369 g/mol. The number of carbonyl (C=O) groups is 1. The SMILES string of the molecule is CC[C@H]1CN(C)[C@H]2Cc3c([nH]c4ccccc34)/C(=N/O)C[C@H]1[C@@H]2C(=O)OC. The Morgan fingerprint density at radius 3 is 2.85 bits per heavy atom. The number of aromatic nitrogens is 1. The van der Waals surface area contributed by atoms with Crippen molar-refractivity contribution in [3.8, 4) is 0 Å². The van der Waals surface area contributed by atoms with Crippen molar-refractivity contribution in [3.63, 3.8) is 0 Å². The van der Waals surface area contributed by atoms with Crippen molar-refractivity contribution in [2.75, 3.05) is 20.7 Å². The summed E-state index contributed by atoms with van der Waals surface area (Å²) in [4.78, 5) is 18.6. The number of piperidine rings is 1. The molecule has 27 heavy (non-hydrogen) atoms. The lowest BCUT2D eigenvalue weighted by Gasteiger charge is -2.48. The molecule has 4 rings (SSSR count). The van der Waals surface area contributed by atoms with Crippen LogP contribution >= 0.6 is 0 Å². The summed E-state index contributed by atoms with van der Waals surface area (Å²) in [5.74, 6) is 0.0833. The molecule has 2 bridgehead atoms. The van der Waals surface area contributed by atoms with E-state index in [1.165, 1.54) is 7.11 Å². The first-order chi connectivity index (χ1) is 13.1. The van der Waals surface area contributed by atoms with Gasteiger partial charge in [0.15, 0.2) is 0 Å². The predicted octanol–water partition coefficient (Wildman–Crippen LogP) is 3.04. The minimum Gasteiger partial charge on any atom is -0.469 e. The topological polar surface area (TPSA) is 77.9 Å². The van der Waals surface area contributed by atoms with Gasteiger partial charge in [-0.2, -0.15) is 0 Å². The molecular formula is C21H27N3O3. The number of rotatable bonds is 2. The van der Waals surface area contributed by atoms with E-state index in [9.17, 15) is 10.0 Å². The fraction of sp³-hybridized carbons (Fsp3) is 0.524. The van der Waals surface area contributed by atoms with Crippen molar-refractivity contribution in [2.24, 2.45) is 22.9 Å². The molecule has 1 aliphatic heterocycles. The number of para-hydroxylation sites is 1. The van der Waals surface area contributed by atoms with Crippen LogP contribution in [0.1, 0.15) is 31.0 Å². The Labute approximate surface area is 159 Å². The summed E-state index contributed by atoms with van der Waals surface area (Å²) in [6.07, 6.45) is 2.27. The number of aromatic amines is 1. The summed E-state index contributed by atoms with van der Waals surface area (Å²) in [6, 6.07) is 8.21. The maximum absolute atomic E-state index is 12.8. The van der Waals surface area contributed by atoms with Gasteiger partial charge >= 0.3 is 5.97 Å². The maximum Gasteiger partial charge on any atom is 0.310 e. The fourth-order valence-corrected chi connectivity index (χ4v) is 5.25. The van der Waals surface area contributed by atoms with Crippen LogP contribution in [-0.2, 0) is 16.0 Å². The second-order valence-corrected chi connectivity index (χ2v) is 7.87. The number of methoxy groups -OCH3 is 1. The zero-order valence-corrected chi connectivity index (χ0v) is 16.1. The van der Waals surface area contributed by atoms with E-state index in [1.807, 2.05) is 18.2 Å². The number of H-pyrrole nitrogens is 1. The van der Waals surface area contributed by atoms with E-state index >= 15 is 0 Å². The van der Waals surface area contributed by atoms with E-state index in [2.05, 4.69) is 35.1 Å². The Kier molecular flexibility index (Phi) is 4.68. The van der Waals surface area contributed by atoms with Gasteiger partial charge in [0.25, 0.3) is 0 Å². The zero-order chi connectivity index (χ0) is 19.1. The summed E-state index contributed by atoms with van der Waals surface area (Å²) in [7, 11) is 3.58. The average Bonchev–Trinajstić information content (AvgIpc) is 3.04. The maximum atomic E-state index is 12.8. The number of oxime groups is 1. The molecular weight excluding hydrogens is 342 g/mol. The fourth-order valence-electron chi connectivity index (χ4n) is 5.25. The Bertz CT molecular complexity index is 888. The Hall–Kier alpha value is -2.34. The lowest BCUT2D eigenvalue weighted by atomic mass is 9.67. The number of benzene rings is 1. The van der Waals surface area contributed by atoms with Crippen LogP contribution < -0.4 is 0 Å². The Morgan fingerprint density at radius 1 is 1.37 bits per heavy atom. The van der Waals surface area contributed by atoms with Gasteiger partial charge in [-0.15, -0.1) is 0 Å². The monoisotopic (exact) mass is 369 g/mol. The molecule has 1 fully saturated rings. The largest absolute Gasteiger partial charge is 0.469 e. The molecule has 2 aliphatic rings. The van der Waals surface area contributed by atoms with Crippen molar-refractivity contribution in [3.05, 3.63) is 35.5 Å². The lowest BCUT2D eigenvalue weighted by molar-refractivity contribution is -0.154. The standard InChI is InChI=1S/C21H27N3O3/c1-4-12-11-24(2)18-10-15-13-7-5-6-8-16(13)22-20(15)17(23-26)9-14(12)19(18)21(25)27-3/h5-8,12,14,18-19,22,26H,4,9-11H2,1-3H3/b23-17+/t12-,14+,18-,19-/m0/s1. The summed E-state index contributed by atoms with van der Waals surface area (Å²) >= 11 is 0. The molecule has 0 saturated carbocycles. The summed E-state index contributed by atoms with van der Waals surface area (Å²) in [5.41, 5.74) is 3.70. The highest BCUT2D eigenvalue weighted by Gasteiger charge is 2.48. The molecule has 0 amide bonds. The van der Waals surface area contributed by atoms with Gasteiger partial charge in [-0.1, -0.05) is 36.7 Å². The number of ether oxygens (including phenoxy) is 1. The van der Waals surface area contributed by atoms with Gasteiger partial charge in [0.1, 0.15) is 5.71 Å². The first kappa shape index (κ1) is 18.0. The van der Waals surface area contributed by atoms with Crippen LogP contribution in [0.25, 0.3) is 10.9 Å². The van der Waals surface area contributed by atoms with Crippen molar-refractivity contribution < 1.29 is 14.7 Å². The van der Waals surface area contributed by atoms with Gasteiger partial charge in [-0.3, -0.25) is 4.79 Å². The highest BCUT2D eigenvalue weighted by Crippen LogP contribution is 2.42. The van der Waals surface area contributed by atoms with Crippen LogP contribution in [0.2, 0.25) is 0 Å². The van der Waals surface area contributed by atoms with Crippen LogP contribution in [0.5, 0.6) is 0 Å². The molecule has 1 saturated heterocycles. The van der Waals surface area contributed by atoms with Gasteiger partial charge in [0.2, 0.25) is 0 Å². The van der Waals surface area contributed by atoms with E-state index in [0.29, 0.717) is 18.1 Å². The van der Waals surface area contributed by atoms with Gasteiger partial charge in [-0.25, -0.2) is 0 Å². The zero-order valence-electron chi connectivity index (χ0n) is 16.1. The number of carbonyl (C=O) groups excluding carboxylic acids is 1. The smallest absolute Gasteiger partial charge is 0.310 e. The lowest BCUT2D eigenvalue weighted by Crippen LogP contribution is -2.56. The van der Waals surface area contributed by atoms with Crippen LogP contribution in [-0.4, -0.2) is 53.5 Å². The highest BCUT2D eigenvalue weighted by molar-refractivity contribution is 6.05. The van der Waals surface area contributed by atoms with Crippen LogP contribution in [0.4, 0.5) is 0 Å². The second-order valence-electron chi connectivity index (χ2n) is 7.87. The molecule has 4 atom stereocenters. The Morgan fingerprint density at radius 2 is 2.15 bits per heavy atom. The number of nitrogens with zero attached hydrogens (tertiary/aromatic N) is 2. The highest BCUT2D eigenvalue weighted by atomic mass is 16.5. The van der Waals surface area contributed by atoms with Crippen LogP contribution in [0, 0.1) is 17.8 Å². The summed E-state index contributed by atoms with van der Waals surface area (Å²) in [6.45, 7) is 3.10. The minimum atomic E-state index is -0.225. The van der Waals surface area contributed by atoms with E-state index in [-0.39, 0.29) is 23.8 Å². The van der Waals surface area contributed by atoms with Crippen molar-refractivity contribution in [2.45, 2.75) is 32.2 Å². The number of esters is 1. The molecule has 1 aromatic heterocycles. The van der Waals surface area contributed by atoms with Gasteiger partial charge in [0, 0.05) is 23.5 Å². The molecule has 144 valence electrons. The molecule has 0 unspecified atom stereocenters. The van der Waals surface area contributed by atoms with E-state index in [1.54, 1.807) is 0 Å². The summed E-state index contributed by atoms with van der Waals surface area (Å²) < 4.78 is 5.21. The van der Waals surface area contributed by atoms with Gasteiger partial charge in [0.05, 0.1) is 18.7 Å². The second kappa shape index (κ2) is 7.00. The van der Waals surface area contributed by atoms with Crippen molar-refractivity contribution in [1.82, 2.24) is 9.88 Å². The normalized spacial score (nSPS) is 30.0. The molecule has 2 heterocycles. The molecule has 1 aromatic carbocycles. The number of hydrogen-bond acceptors (Lipinski definition) is 5. The molecule has 6 nitrogen and oxygen atoms in total. The first-order valence-electron chi connectivity index (χ1n) is 9.67. The number of likely N-dealkylation sites (N-methyl/N-ethyl adjacent to an activating group) is 1.